The van der Waals surface area contributed by atoms with Gasteiger partial charge in [-0.1, -0.05) is 12.1 Å². The molecule has 1 rings (SSSR count). The van der Waals surface area contributed by atoms with Gasteiger partial charge in [0.2, 0.25) is 0 Å². The fourth-order valence-electron chi connectivity index (χ4n) is 1.28. The molecule has 1 atom stereocenters. The molecule has 6 heteroatoms. The third kappa shape index (κ3) is 4.38. The Balaban J connectivity index is 2.52. The van der Waals surface area contributed by atoms with Crippen molar-refractivity contribution < 1.29 is 13.9 Å². The van der Waals surface area contributed by atoms with Crippen LogP contribution in [0.1, 0.15) is 0 Å². The number of nitrogens with one attached hydrogen (secondary N) is 2. The number of benzene rings is 1. The molecule has 0 fully saturated rings. The molecule has 4 N–H and O–H groups in total. The molecule has 17 heavy (non-hydrogen) atoms. The average Bonchev–Trinajstić information content (AvgIpc) is 2.31. The van der Waals surface area contributed by atoms with Crippen LogP contribution in [-0.2, 0) is 4.74 Å². The number of nitrogens with two attached hydrogens (primary N) is 1. The number of para-hydroxylation sites is 1. The Morgan fingerprint density at radius 1 is 1.53 bits per heavy atom. The van der Waals surface area contributed by atoms with Gasteiger partial charge in [0.25, 0.3) is 0 Å². The van der Waals surface area contributed by atoms with Gasteiger partial charge in [-0.2, -0.15) is 0 Å². The van der Waals surface area contributed by atoms with Gasteiger partial charge in [0.15, 0.2) is 0 Å². The maximum absolute atomic E-state index is 13.2. The fraction of sp³-hybridized carbons (Fsp3) is 0.364. The van der Waals surface area contributed by atoms with Crippen LogP contribution in [0.4, 0.5) is 14.9 Å². The van der Waals surface area contributed by atoms with Crippen LogP contribution >= 0.6 is 0 Å². The van der Waals surface area contributed by atoms with E-state index in [9.17, 15) is 9.18 Å². The zero-order valence-electron chi connectivity index (χ0n) is 9.57. The Labute approximate surface area is 99.1 Å². The maximum Gasteiger partial charge on any atom is 0.319 e. The van der Waals surface area contributed by atoms with Gasteiger partial charge >= 0.3 is 6.03 Å². The molecule has 0 aliphatic rings. The summed E-state index contributed by atoms with van der Waals surface area (Å²) >= 11 is 0. The number of carbonyl (C=O) groups excluding carboxylic acids is 1. The number of amides is 2. The van der Waals surface area contributed by atoms with Crippen molar-refractivity contribution in [1.82, 2.24) is 5.32 Å². The van der Waals surface area contributed by atoms with Crippen molar-refractivity contribution in [2.75, 3.05) is 25.6 Å². The summed E-state index contributed by atoms with van der Waals surface area (Å²) in [5.74, 6) is -0.487. The summed E-state index contributed by atoms with van der Waals surface area (Å²) in [4.78, 5) is 11.5. The minimum Gasteiger partial charge on any atom is -0.383 e. The molecule has 2 amide bonds. The molecule has 0 radical (unpaired) electrons. The number of urea groups is 1. The van der Waals surface area contributed by atoms with Crippen LogP contribution in [0.25, 0.3) is 0 Å². The molecule has 0 saturated heterocycles. The standard InChI is InChI=1S/C11H16FN3O2/c1-17-7-8(6-13)14-11(16)15-10-5-3-2-4-9(10)12/h2-5,8H,6-7,13H2,1H3,(H2,14,15,16). The van der Waals surface area contributed by atoms with Crippen LogP contribution in [0.3, 0.4) is 0 Å². The molecule has 1 unspecified atom stereocenters. The predicted octanol–water partition coefficient (Wildman–Crippen LogP) is 0.921. The molecule has 0 heterocycles. The summed E-state index contributed by atoms with van der Waals surface area (Å²) in [5, 5.41) is 4.97. The van der Waals surface area contributed by atoms with E-state index in [1.54, 1.807) is 12.1 Å². The predicted molar refractivity (Wildman–Crippen MR) is 63.3 cm³/mol. The number of rotatable bonds is 5. The topological polar surface area (TPSA) is 76.4 Å². The molecular weight excluding hydrogens is 225 g/mol. The van der Waals surface area contributed by atoms with Gasteiger partial charge < -0.3 is 21.1 Å². The van der Waals surface area contributed by atoms with Crippen LogP contribution in [0.5, 0.6) is 0 Å². The van der Waals surface area contributed by atoms with Crippen LogP contribution in [0, 0.1) is 5.82 Å². The first-order chi connectivity index (χ1) is 8.17. The van der Waals surface area contributed by atoms with Crippen molar-refractivity contribution in [2.24, 2.45) is 5.73 Å². The van der Waals surface area contributed by atoms with Crippen molar-refractivity contribution in [3.8, 4) is 0 Å². The van der Waals surface area contributed by atoms with Gasteiger partial charge in [0, 0.05) is 13.7 Å². The van der Waals surface area contributed by atoms with Crippen LogP contribution in [-0.4, -0.2) is 32.3 Å². The van der Waals surface area contributed by atoms with Gasteiger partial charge in [-0.25, -0.2) is 9.18 Å². The van der Waals surface area contributed by atoms with Crippen molar-refractivity contribution in [1.29, 1.82) is 0 Å². The third-order valence-corrected chi connectivity index (χ3v) is 2.11. The van der Waals surface area contributed by atoms with E-state index < -0.39 is 11.8 Å². The second kappa shape index (κ2) is 6.82. The summed E-state index contributed by atoms with van der Waals surface area (Å²) in [6.45, 7) is 0.555. The van der Waals surface area contributed by atoms with Crippen LogP contribution in [0.2, 0.25) is 0 Å². The Kier molecular flexibility index (Phi) is 5.38. The molecule has 1 aromatic carbocycles. The summed E-state index contributed by atoms with van der Waals surface area (Å²) in [7, 11) is 1.51. The normalized spacial score (nSPS) is 11.9. The Bertz CT molecular complexity index is 373. The van der Waals surface area contributed by atoms with Crippen molar-refractivity contribution in [2.45, 2.75) is 6.04 Å². The lowest BCUT2D eigenvalue weighted by atomic mass is 10.3. The third-order valence-electron chi connectivity index (χ3n) is 2.11. The molecule has 1 aromatic rings. The van der Waals surface area contributed by atoms with E-state index in [0.717, 1.165) is 0 Å². The van der Waals surface area contributed by atoms with Crippen LogP contribution in [0.15, 0.2) is 24.3 Å². The highest BCUT2D eigenvalue weighted by Gasteiger charge is 2.11. The van der Waals surface area contributed by atoms with Gasteiger partial charge in [-0.3, -0.25) is 0 Å². The molecule has 5 nitrogen and oxygen atoms in total. The SMILES string of the molecule is COCC(CN)NC(=O)Nc1ccccc1F. The number of halogens is 1. The zero-order valence-corrected chi connectivity index (χ0v) is 9.57. The second-order valence-corrected chi connectivity index (χ2v) is 3.47. The largest absolute Gasteiger partial charge is 0.383 e. The molecule has 94 valence electrons. The van der Waals surface area contributed by atoms with E-state index in [1.807, 2.05) is 0 Å². The lowest BCUT2D eigenvalue weighted by Crippen LogP contribution is -2.45. The molecule has 0 aliphatic heterocycles. The van der Waals surface area contributed by atoms with E-state index in [4.69, 9.17) is 10.5 Å². The first-order valence-electron chi connectivity index (χ1n) is 5.18. The molecule has 0 spiro atoms. The number of carbonyl (C=O) groups is 1. The van der Waals surface area contributed by atoms with Crippen molar-refractivity contribution >= 4 is 11.7 Å². The van der Waals surface area contributed by atoms with Gasteiger partial charge in [0.05, 0.1) is 18.3 Å². The number of methoxy groups -OCH3 is 1. The average molecular weight is 241 g/mol. The molecule has 0 bridgehead atoms. The quantitative estimate of drug-likeness (QED) is 0.717. The fourth-order valence-corrected chi connectivity index (χ4v) is 1.28. The molecule has 0 saturated carbocycles. The highest BCUT2D eigenvalue weighted by atomic mass is 19.1. The maximum atomic E-state index is 13.2. The van der Waals surface area contributed by atoms with Crippen molar-refractivity contribution in [3.05, 3.63) is 30.1 Å². The van der Waals surface area contributed by atoms with Gasteiger partial charge in [-0.15, -0.1) is 0 Å². The Morgan fingerprint density at radius 3 is 2.82 bits per heavy atom. The summed E-state index contributed by atoms with van der Waals surface area (Å²) in [6, 6.07) is 5.11. The van der Waals surface area contributed by atoms with Gasteiger partial charge in [0.1, 0.15) is 5.82 Å². The summed E-state index contributed by atoms with van der Waals surface area (Å²) < 4.78 is 18.1. The lowest BCUT2D eigenvalue weighted by molar-refractivity contribution is 0.169. The Morgan fingerprint density at radius 2 is 2.24 bits per heavy atom. The minimum atomic E-state index is -0.511. The first-order valence-corrected chi connectivity index (χ1v) is 5.18. The zero-order chi connectivity index (χ0) is 12.7. The monoisotopic (exact) mass is 241 g/mol. The Hall–Kier alpha value is -1.66. The van der Waals surface area contributed by atoms with Crippen LogP contribution < -0.4 is 16.4 Å². The highest BCUT2D eigenvalue weighted by Crippen LogP contribution is 2.11. The van der Waals surface area contributed by atoms with E-state index in [2.05, 4.69) is 10.6 Å². The van der Waals surface area contributed by atoms with E-state index >= 15 is 0 Å². The number of hydrogen-bond donors (Lipinski definition) is 3. The summed E-state index contributed by atoms with van der Waals surface area (Å²) in [5.41, 5.74) is 5.56. The van der Waals surface area contributed by atoms with E-state index in [-0.39, 0.29) is 18.3 Å². The lowest BCUT2D eigenvalue weighted by Gasteiger charge is -2.16. The smallest absolute Gasteiger partial charge is 0.319 e. The number of hydrogen-bond acceptors (Lipinski definition) is 3. The molecule has 0 aliphatic carbocycles. The molecule has 0 aromatic heterocycles. The van der Waals surface area contributed by atoms with Gasteiger partial charge in [-0.05, 0) is 12.1 Å². The highest BCUT2D eigenvalue weighted by molar-refractivity contribution is 5.89. The summed E-state index contributed by atoms with van der Waals surface area (Å²) in [6.07, 6.45) is 0. The number of anilines is 1. The second-order valence-electron chi connectivity index (χ2n) is 3.47. The molecular formula is C11H16FN3O2. The number of ether oxygens (including phenoxy) is 1. The first kappa shape index (κ1) is 13.4. The van der Waals surface area contributed by atoms with E-state index in [1.165, 1.54) is 19.2 Å². The van der Waals surface area contributed by atoms with Crippen molar-refractivity contribution in [3.63, 3.8) is 0 Å². The minimum absolute atomic E-state index is 0.123. The van der Waals surface area contributed by atoms with E-state index in [0.29, 0.717) is 6.61 Å².